The zero-order valence-corrected chi connectivity index (χ0v) is 13.7. The Morgan fingerprint density at radius 1 is 1.15 bits per heavy atom. The Bertz CT molecular complexity index is 112. The predicted octanol–water partition coefficient (Wildman–Crippen LogP) is 1.82. The van der Waals surface area contributed by atoms with E-state index >= 15 is 0 Å². The molecule has 0 spiro atoms. The van der Waals surface area contributed by atoms with Crippen LogP contribution in [0, 0.1) is 0 Å². The molecule has 0 saturated carbocycles. The van der Waals surface area contributed by atoms with Gasteiger partial charge in [-0.1, -0.05) is 26.7 Å². The summed E-state index contributed by atoms with van der Waals surface area (Å²) >= 11 is 0. The van der Waals surface area contributed by atoms with Crippen LogP contribution in [0.4, 0.5) is 0 Å². The number of carbonyl (C=O) groups excluding carboxylic acids is 1. The molecule has 0 bridgehead atoms. The first kappa shape index (κ1) is 19.3. The summed E-state index contributed by atoms with van der Waals surface area (Å²) in [4.78, 5) is 11.0. The molecule has 0 fully saturated rings. The van der Waals surface area contributed by atoms with Crippen molar-refractivity contribution in [3.05, 3.63) is 0 Å². The average molecular weight is 303 g/mol. The van der Waals surface area contributed by atoms with Crippen molar-refractivity contribution in [3.8, 4) is 0 Å². The summed E-state index contributed by atoms with van der Waals surface area (Å²) in [6.07, 6.45) is 5.05. The Morgan fingerprint density at radius 3 is 2.15 bits per heavy atom. The zero-order chi connectivity index (χ0) is 8.53. The summed E-state index contributed by atoms with van der Waals surface area (Å²) in [7, 11) is 0. The van der Waals surface area contributed by atoms with Crippen LogP contribution in [0.25, 0.3) is 0 Å². The fraction of sp³-hybridized carbons (Fsp3) is 0.889. The second kappa shape index (κ2) is 15.2. The molecule has 0 aromatic rings. The maximum atomic E-state index is 11.0. The van der Waals surface area contributed by atoms with E-state index in [0.717, 1.165) is 32.2 Å². The summed E-state index contributed by atoms with van der Waals surface area (Å²) in [6, 6.07) is 0. The van der Waals surface area contributed by atoms with Crippen LogP contribution >= 0.6 is 0 Å². The van der Waals surface area contributed by atoms with Crippen LogP contribution in [0.5, 0.6) is 0 Å². The number of hydrogen-bond donors (Lipinski definition) is 1. The molecule has 0 aliphatic heterocycles. The maximum Gasteiger partial charge on any atom is 0.219 e. The van der Waals surface area contributed by atoms with E-state index in [1.54, 1.807) is 0 Å². The standard InChI is InChI=1S/C9H19NO.Cd.H2S/c1-3-5-7-9(11)10-8-6-4-2;;/h3-8H2,1-2H3,(H,10,11);;1H2/p-1. The van der Waals surface area contributed by atoms with E-state index in [1.807, 2.05) is 0 Å². The molecule has 1 N–H and O–H groups in total. The molecule has 76 valence electrons. The first-order valence-electron chi connectivity index (χ1n) is 4.58. The number of rotatable bonds is 6. The zero-order valence-electron chi connectivity index (χ0n) is 8.81. The molecule has 0 saturated heterocycles. The second-order valence-electron chi connectivity index (χ2n) is 2.81. The number of carbonyl (C=O) groups is 1. The van der Waals surface area contributed by atoms with Crippen molar-refractivity contribution in [3.63, 3.8) is 0 Å². The van der Waals surface area contributed by atoms with Crippen molar-refractivity contribution >= 4 is 19.4 Å². The Kier molecular flexibility index (Phi) is 22.6. The summed E-state index contributed by atoms with van der Waals surface area (Å²) < 4.78 is 0. The monoisotopic (exact) mass is 304 g/mol. The normalized spacial score (nSPS) is 8.15. The number of thiol groups is 1. The van der Waals surface area contributed by atoms with Crippen molar-refractivity contribution in [2.45, 2.75) is 46.0 Å². The minimum absolute atomic E-state index is 0. The third-order valence-corrected chi connectivity index (χ3v) is 1.61. The second-order valence-corrected chi connectivity index (χ2v) is 2.81. The third-order valence-electron chi connectivity index (χ3n) is 1.61. The summed E-state index contributed by atoms with van der Waals surface area (Å²) in [5.74, 6) is 0.209. The van der Waals surface area contributed by atoms with Gasteiger partial charge >= 0.3 is 0 Å². The van der Waals surface area contributed by atoms with Gasteiger partial charge < -0.3 is 18.8 Å². The van der Waals surface area contributed by atoms with Crippen LogP contribution in [0.1, 0.15) is 46.0 Å². The van der Waals surface area contributed by atoms with E-state index in [2.05, 4.69) is 19.2 Å². The third kappa shape index (κ3) is 15.5. The molecule has 1 amide bonds. The molecular weight excluding hydrogens is 283 g/mol. The Balaban J connectivity index is -0.000000500. The molecule has 0 radical (unpaired) electrons. The molecule has 0 aliphatic rings. The SMILES string of the molecule is CCCCNC(=O)CCCC.[Cd].[SH-]. The molecule has 13 heavy (non-hydrogen) atoms. The fourth-order valence-electron chi connectivity index (χ4n) is 0.830. The van der Waals surface area contributed by atoms with Gasteiger partial charge in [0.25, 0.3) is 0 Å². The summed E-state index contributed by atoms with van der Waals surface area (Å²) in [5, 5.41) is 2.88. The van der Waals surface area contributed by atoms with Crippen molar-refractivity contribution in [2.75, 3.05) is 6.54 Å². The van der Waals surface area contributed by atoms with Gasteiger partial charge in [0, 0.05) is 40.3 Å². The first-order valence-corrected chi connectivity index (χ1v) is 4.58. The fourth-order valence-corrected chi connectivity index (χ4v) is 0.830. The van der Waals surface area contributed by atoms with Crippen LogP contribution in [-0.2, 0) is 45.6 Å². The van der Waals surface area contributed by atoms with Gasteiger partial charge in [-0.15, -0.1) is 0 Å². The first-order chi connectivity index (χ1) is 5.31. The Labute approximate surface area is 109 Å². The Morgan fingerprint density at radius 2 is 1.69 bits per heavy atom. The van der Waals surface area contributed by atoms with Gasteiger partial charge in [0.2, 0.25) is 5.91 Å². The smallest absolute Gasteiger partial charge is 0.219 e. The molecular formula is C9H20CdNOS-. The van der Waals surface area contributed by atoms with Crippen LogP contribution in [-0.4, -0.2) is 12.5 Å². The minimum Gasteiger partial charge on any atom is -0.813 e. The van der Waals surface area contributed by atoms with E-state index in [4.69, 9.17) is 0 Å². The van der Waals surface area contributed by atoms with Crippen LogP contribution in [0.15, 0.2) is 0 Å². The predicted molar refractivity (Wildman–Crippen MR) is 56.2 cm³/mol. The molecule has 0 unspecified atom stereocenters. The van der Waals surface area contributed by atoms with Crippen LogP contribution in [0.3, 0.4) is 0 Å². The van der Waals surface area contributed by atoms with E-state index in [0.29, 0.717) is 6.42 Å². The molecule has 0 rings (SSSR count). The van der Waals surface area contributed by atoms with Crippen molar-refractivity contribution in [2.24, 2.45) is 0 Å². The number of hydrogen-bond acceptors (Lipinski definition) is 2. The van der Waals surface area contributed by atoms with Crippen molar-refractivity contribution < 1.29 is 32.1 Å². The van der Waals surface area contributed by atoms with E-state index < -0.39 is 0 Å². The van der Waals surface area contributed by atoms with E-state index in [-0.39, 0.29) is 46.7 Å². The molecule has 4 heteroatoms. The van der Waals surface area contributed by atoms with E-state index in [9.17, 15) is 4.79 Å². The molecule has 0 aromatic carbocycles. The topological polar surface area (TPSA) is 29.1 Å². The largest absolute Gasteiger partial charge is 0.813 e. The van der Waals surface area contributed by atoms with Crippen molar-refractivity contribution in [1.29, 1.82) is 0 Å². The molecule has 0 atom stereocenters. The molecule has 0 aromatic heterocycles. The van der Waals surface area contributed by atoms with Crippen LogP contribution < -0.4 is 5.32 Å². The van der Waals surface area contributed by atoms with Gasteiger partial charge in [0.05, 0.1) is 0 Å². The molecule has 0 aliphatic carbocycles. The van der Waals surface area contributed by atoms with Gasteiger partial charge in [-0.25, -0.2) is 0 Å². The van der Waals surface area contributed by atoms with Gasteiger partial charge in [-0.2, -0.15) is 0 Å². The number of amides is 1. The maximum absolute atomic E-state index is 11.0. The van der Waals surface area contributed by atoms with Crippen molar-refractivity contribution in [1.82, 2.24) is 5.32 Å². The number of unbranched alkanes of at least 4 members (excludes halogenated alkanes) is 2. The summed E-state index contributed by atoms with van der Waals surface area (Å²) in [5.41, 5.74) is 0. The number of nitrogens with one attached hydrogen (secondary N) is 1. The summed E-state index contributed by atoms with van der Waals surface area (Å²) in [6.45, 7) is 5.07. The molecule has 2 nitrogen and oxygen atoms in total. The Hall–Kier alpha value is 0.742. The van der Waals surface area contributed by atoms with Gasteiger partial charge in [0.15, 0.2) is 0 Å². The van der Waals surface area contributed by atoms with E-state index in [1.165, 1.54) is 0 Å². The average Bonchev–Trinajstić information content (AvgIpc) is 2.01. The minimum atomic E-state index is 0. The van der Waals surface area contributed by atoms with Crippen LogP contribution in [0.2, 0.25) is 0 Å². The van der Waals surface area contributed by atoms with Gasteiger partial charge in [-0.3, -0.25) is 4.79 Å². The van der Waals surface area contributed by atoms with Gasteiger partial charge in [0.1, 0.15) is 0 Å². The quantitative estimate of drug-likeness (QED) is 0.351. The molecule has 0 heterocycles. The van der Waals surface area contributed by atoms with Gasteiger partial charge in [-0.05, 0) is 12.8 Å².